The van der Waals surface area contributed by atoms with Crippen molar-refractivity contribution in [3.05, 3.63) is 65.0 Å². The summed E-state index contributed by atoms with van der Waals surface area (Å²) in [5.74, 6) is 1.76. The van der Waals surface area contributed by atoms with Crippen LogP contribution in [0.15, 0.2) is 36.7 Å². The van der Waals surface area contributed by atoms with Crippen LogP contribution in [0.3, 0.4) is 0 Å². The number of nitrogens with zero attached hydrogens (tertiary/aromatic N) is 3. The molecule has 1 fully saturated rings. The van der Waals surface area contributed by atoms with Gasteiger partial charge in [0.1, 0.15) is 17.6 Å². The Morgan fingerprint density at radius 1 is 1.19 bits per heavy atom. The lowest BCUT2D eigenvalue weighted by molar-refractivity contribution is -0.121. The van der Waals surface area contributed by atoms with Gasteiger partial charge in [-0.05, 0) is 75.5 Å². The van der Waals surface area contributed by atoms with Gasteiger partial charge in [0, 0.05) is 17.5 Å². The van der Waals surface area contributed by atoms with E-state index >= 15 is 0 Å². The second-order valence-electron chi connectivity index (χ2n) is 9.94. The summed E-state index contributed by atoms with van der Waals surface area (Å²) in [6.07, 6.45) is 6.59. The number of benzene rings is 1. The van der Waals surface area contributed by atoms with Gasteiger partial charge in [-0.25, -0.2) is 9.37 Å². The third-order valence-corrected chi connectivity index (χ3v) is 7.40. The molecule has 0 saturated heterocycles. The van der Waals surface area contributed by atoms with E-state index in [1.807, 2.05) is 20.8 Å². The van der Waals surface area contributed by atoms with Crippen LogP contribution >= 0.6 is 0 Å². The van der Waals surface area contributed by atoms with E-state index in [0.29, 0.717) is 35.4 Å². The Hall–Kier alpha value is -3.35. The highest BCUT2D eigenvalue weighted by atomic mass is 19.1. The van der Waals surface area contributed by atoms with Crippen LogP contribution in [-0.4, -0.2) is 27.3 Å². The maximum atomic E-state index is 14.5. The second kappa shape index (κ2) is 9.96. The van der Waals surface area contributed by atoms with E-state index in [9.17, 15) is 9.18 Å². The number of hydrogen-bond donors (Lipinski definition) is 0. The smallest absolute Gasteiger partial charge is 0.214 e. The number of ketones is 1. The fraction of sp³-hybridized carbons (Fsp3) is 0.448. The van der Waals surface area contributed by atoms with Crippen molar-refractivity contribution in [1.82, 2.24) is 15.0 Å². The number of ether oxygens (including phenoxy) is 2. The van der Waals surface area contributed by atoms with E-state index in [2.05, 4.69) is 28.2 Å². The van der Waals surface area contributed by atoms with E-state index in [4.69, 9.17) is 14.5 Å². The van der Waals surface area contributed by atoms with Crippen LogP contribution < -0.4 is 9.47 Å². The Kier molecular flexibility index (Phi) is 6.73. The number of carbonyl (C=O) groups excluding carboxylic acids is 1. The monoisotopic (exact) mass is 489 g/mol. The summed E-state index contributed by atoms with van der Waals surface area (Å²) < 4.78 is 26.4. The van der Waals surface area contributed by atoms with Crippen LogP contribution in [0.5, 0.6) is 11.6 Å². The van der Waals surface area contributed by atoms with Crippen LogP contribution in [0.2, 0.25) is 0 Å². The van der Waals surface area contributed by atoms with Crippen LogP contribution in [0.25, 0.3) is 11.3 Å². The molecule has 6 nitrogen and oxygen atoms in total. The van der Waals surface area contributed by atoms with Crippen LogP contribution in [0, 0.1) is 24.6 Å². The molecule has 1 aromatic carbocycles. The SMILES string of the molecule is CCOc1cc(-c2ncc(C3CCc4ccc([C@H](C5CC5)[C@H](C)C(C)=O)cc4O3)nc2C)c(F)cn1. The second-order valence-corrected chi connectivity index (χ2v) is 9.94. The van der Waals surface area contributed by atoms with Crippen molar-refractivity contribution in [2.75, 3.05) is 6.61 Å². The first-order chi connectivity index (χ1) is 17.4. The van der Waals surface area contributed by atoms with Gasteiger partial charge in [-0.15, -0.1) is 0 Å². The summed E-state index contributed by atoms with van der Waals surface area (Å²) >= 11 is 0. The standard InChI is InChI=1S/C29H32FN3O3/c1-5-35-27-13-22(23(30)14-31-27)29-17(3)33-24(15-32-29)25-11-10-19-6-9-21(12-26(19)36-25)28(20-7-8-20)16(2)18(4)34/h6,9,12-16,20,25,28H,5,7-8,10-11H2,1-4H3/t16-,25?,28+/m1/s1. The van der Waals surface area contributed by atoms with E-state index in [1.54, 1.807) is 19.2 Å². The molecule has 0 bridgehead atoms. The van der Waals surface area contributed by atoms with E-state index in [1.165, 1.54) is 24.0 Å². The van der Waals surface area contributed by atoms with Crippen LogP contribution in [-0.2, 0) is 11.2 Å². The number of Topliss-reactive ketones (excluding diaryl/α,β-unsaturated/α-hetero) is 1. The maximum absolute atomic E-state index is 14.5. The zero-order valence-corrected chi connectivity index (χ0v) is 21.3. The minimum atomic E-state index is -0.469. The molecule has 0 amide bonds. The largest absolute Gasteiger partial charge is 0.484 e. The summed E-state index contributed by atoms with van der Waals surface area (Å²) in [7, 11) is 0. The Morgan fingerprint density at radius 2 is 2.00 bits per heavy atom. The van der Waals surface area contributed by atoms with Gasteiger partial charge in [0.25, 0.3) is 0 Å². The van der Waals surface area contributed by atoms with Crippen molar-refractivity contribution in [3.8, 4) is 22.9 Å². The van der Waals surface area contributed by atoms with Crippen molar-refractivity contribution in [2.24, 2.45) is 11.8 Å². The average Bonchev–Trinajstić information content (AvgIpc) is 3.70. The number of aromatic nitrogens is 3. The van der Waals surface area contributed by atoms with Crippen molar-refractivity contribution < 1.29 is 18.7 Å². The van der Waals surface area contributed by atoms with E-state index in [0.717, 1.165) is 30.5 Å². The number of aryl methyl sites for hydroxylation is 2. The third-order valence-electron chi connectivity index (χ3n) is 7.40. The first kappa shape index (κ1) is 24.3. The highest BCUT2D eigenvalue weighted by molar-refractivity contribution is 5.79. The van der Waals surface area contributed by atoms with Crippen LogP contribution in [0.4, 0.5) is 4.39 Å². The molecule has 188 valence electrons. The molecule has 3 aromatic rings. The Morgan fingerprint density at radius 3 is 2.69 bits per heavy atom. The molecule has 36 heavy (non-hydrogen) atoms. The van der Waals surface area contributed by atoms with Gasteiger partial charge in [-0.2, -0.15) is 0 Å². The summed E-state index contributed by atoms with van der Waals surface area (Å²) in [5.41, 5.74) is 4.47. The highest BCUT2D eigenvalue weighted by Crippen LogP contribution is 2.48. The summed E-state index contributed by atoms with van der Waals surface area (Å²) in [6, 6.07) is 8.00. The average molecular weight is 490 g/mol. The third kappa shape index (κ3) is 4.84. The Balaban J connectivity index is 1.40. The fourth-order valence-electron chi connectivity index (χ4n) is 5.23. The number of rotatable bonds is 8. The van der Waals surface area contributed by atoms with Gasteiger partial charge >= 0.3 is 0 Å². The lowest BCUT2D eigenvalue weighted by atomic mass is 9.80. The summed E-state index contributed by atoms with van der Waals surface area (Å²) in [4.78, 5) is 25.4. The van der Waals surface area contributed by atoms with Gasteiger partial charge in [-0.1, -0.05) is 19.1 Å². The minimum absolute atomic E-state index is 0.00665. The summed E-state index contributed by atoms with van der Waals surface area (Å²) in [6.45, 7) is 7.84. The molecule has 1 unspecified atom stereocenters. The normalized spacial score (nSPS) is 18.6. The number of halogens is 1. The first-order valence-electron chi connectivity index (χ1n) is 12.8. The topological polar surface area (TPSA) is 74.2 Å². The molecular weight excluding hydrogens is 457 g/mol. The molecule has 0 N–H and O–H groups in total. The molecule has 2 aromatic heterocycles. The van der Waals surface area contributed by atoms with E-state index < -0.39 is 5.82 Å². The molecule has 1 aliphatic carbocycles. The molecule has 7 heteroatoms. The predicted molar refractivity (Wildman–Crippen MR) is 135 cm³/mol. The van der Waals surface area contributed by atoms with Gasteiger partial charge in [0.05, 0.1) is 36.1 Å². The lowest BCUT2D eigenvalue weighted by Gasteiger charge is -2.28. The first-order valence-corrected chi connectivity index (χ1v) is 12.8. The quantitative estimate of drug-likeness (QED) is 0.377. The number of carbonyl (C=O) groups is 1. The van der Waals surface area contributed by atoms with Crippen molar-refractivity contribution in [2.45, 2.75) is 65.4 Å². The molecular formula is C29H32FN3O3. The van der Waals surface area contributed by atoms with Crippen molar-refractivity contribution in [1.29, 1.82) is 0 Å². The van der Waals surface area contributed by atoms with Crippen LogP contribution in [0.1, 0.15) is 74.6 Å². The Bertz CT molecular complexity index is 1290. The molecule has 1 aliphatic heterocycles. The predicted octanol–water partition coefficient (Wildman–Crippen LogP) is 6.17. The van der Waals surface area contributed by atoms with Gasteiger partial charge in [-0.3, -0.25) is 14.8 Å². The molecule has 1 saturated carbocycles. The number of hydrogen-bond acceptors (Lipinski definition) is 6. The molecule has 0 spiro atoms. The highest BCUT2D eigenvalue weighted by Gasteiger charge is 2.38. The molecule has 3 heterocycles. The molecule has 2 aliphatic rings. The summed E-state index contributed by atoms with van der Waals surface area (Å²) in [5, 5.41) is 0. The van der Waals surface area contributed by atoms with Crippen molar-refractivity contribution >= 4 is 5.78 Å². The molecule has 5 rings (SSSR count). The lowest BCUT2D eigenvalue weighted by Crippen LogP contribution is -2.20. The fourth-order valence-corrected chi connectivity index (χ4v) is 5.23. The zero-order chi connectivity index (χ0) is 25.4. The van der Waals surface area contributed by atoms with Gasteiger partial charge in [0.2, 0.25) is 5.88 Å². The van der Waals surface area contributed by atoms with Gasteiger partial charge in [0.15, 0.2) is 5.82 Å². The van der Waals surface area contributed by atoms with E-state index in [-0.39, 0.29) is 23.7 Å². The minimum Gasteiger partial charge on any atom is -0.484 e. The maximum Gasteiger partial charge on any atom is 0.214 e. The zero-order valence-electron chi connectivity index (χ0n) is 21.3. The molecule has 3 atom stereocenters. The van der Waals surface area contributed by atoms with Crippen molar-refractivity contribution in [3.63, 3.8) is 0 Å². The number of pyridine rings is 1. The van der Waals surface area contributed by atoms with Gasteiger partial charge < -0.3 is 9.47 Å². The Labute approximate surface area is 211 Å². The molecule has 0 radical (unpaired) electrons. The number of fused-ring (bicyclic) bond motifs is 1.